The average molecular weight is 174 g/mol. The van der Waals surface area contributed by atoms with E-state index in [2.05, 4.69) is 6.92 Å². The molecule has 0 heterocycles. The molecule has 0 amide bonds. The Balaban J connectivity index is 3.23. The maximum atomic E-state index is 10.2. The van der Waals surface area contributed by atoms with Gasteiger partial charge in [-0.1, -0.05) is 13.3 Å². The van der Waals surface area contributed by atoms with Gasteiger partial charge in [-0.25, -0.2) is 0 Å². The van der Waals surface area contributed by atoms with Crippen LogP contribution in [0.5, 0.6) is 0 Å². The number of carbonyl (C=O) groups is 1. The van der Waals surface area contributed by atoms with Crippen molar-refractivity contribution in [3.63, 3.8) is 0 Å². The molecule has 12 heavy (non-hydrogen) atoms. The number of hydrogen-bond acceptors (Lipinski definition) is 2. The molecule has 0 radical (unpaired) electrons. The predicted molar refractivity (Wildman–Crippen MR) is 47.2 cm³/mol. The van der Waals surface area contributed by atoms with Crippen LogP contribution in [0.1, 0.15) is 39.0 Å². The summed E-state index contributed by atoms with van der Waals surface area (Å²) < 4.78 is 5.16. The Hall–Kier alpha value is -0.570. The van der Waals surface area contributed by atoms with Gasteiger partial charge in [-0.2, -0.15) is 0 Å². The summed E-state index contributed by atoms with van der Waals surface area (Å²) in [5.41, 5.74) is 0. The van der Waals surface area contributed by atoms with E-state index in [1.165, 1.54) is 0 Å². The minimum absolute atomic E-state index is 0.278. The van der Waals surface area contributed by atoms with Crippen LogP contribution in [0.15, 0.2) is 0 Å². The third-order valence-corrected chi connectivity index (χ3v) is 1.96. The van der Waals surface area contributed by atoms with E-state index in [4.69, 9.17) is 9.84 Å². The summed E-state index contributed by atoms with van der Waals surface area (Å²) in [6.07, 6.45) is 4.26. The highest BCUT2D eigenvalue weighted by Crippen LogP contribution is 2.08. The zero-order valence-corrected chi connectivity index (χ0v) is 7.88. The molecule has 0 spiro atoms. The Kier molecular flexibility index (Phi) is 6.76. The molecule has 0 rings (SSSR count). The number of methoxy groups -OCH3 is 1. The van der Waals surface area contributed by atoms with Crippen molar-refractivity contribution in [3.05, 3.63) is 0 Å². The van der Waals surface area contributed by atoms with Gasteiger partial charge in [0.2, 0.25) is 0 Å². The molecule has 0 aromatic carbocycles. The van der Waals surface area contributed by atoms with Crippen LogP contribution < -0.4 is 0 Å². The van der Waals surface area contributed by atoms with Crippen molar-refractivity contribution in [2.45, 2.75) is 45.1 Å². The molecule has 3 heteroatoms. The molecular weight excluding hydrogens is 156 g/mol. The lowest BCUT2D eigenvalue weighted by Crippen LogP contribution is -2.08. The molecule has 1 atom stereocenters. The van der Waals surface area contributed by atoms with Gasteiger partial charge in [0.1, 0.15) is 0 Å². The first kappa shape index (κ1) is 11.4. The topological polar surface area (TPSA) is 46.5 Å². The summed E-state index contributed by atoms with van der Waals surface area (Å²) in [5, 5.41) is 8.36. The molecule has 1 N–H and O–H groups in total. The molecule has 0 saturated heterocycles. The lowest BCUT2D eigenvalue weighted by atomic mass is 10.1. The summed E-state index contributed by atoms with van der Waals surface area (Å²) >= 11 is 0. The number of rotatable bonds is 7. The fraction of sp³-hybridized carbons (Fsp3) is 0.889. The van der Waals surface area contributed by atoms with Crippen LogP contribution in [0, 0.1) is 0 Å². The summed E-state index contributed by atoms with van der Waals surface area (Å²) in [5.74, 6) is -0.708. The number of carboxylic acid groups (broad SMARTS) is 1. The molecule has 0 saturated carbocycles. The third-order valence-electron chi connectivity index (χ3n) is 1.96. The van der Waals surface area contributed by atoms with Gasteiger partial charge < -0.3 is 9.84 Å². The molecule has 0 bridgehead atoms. The SMILES string of the molecule is CCC(CCCCC(=O)O)OC. The molecule has 0 aliphatic rings. The van der Waals surface area contributed by atoms with Gasteiger partial charge in [0, 0.05) is 13.5 Å². The molecule has 0 fully saturated rings. The van der Waals surface area contributed by atoms with Crippen LogP contribution in [0.25, 0.3) is 0 Å². The van der Waals surface area contributed by atoms with E-state index in [0.29, 0.717) is 6.10 Å². The van der Waals surface area contributed by atoms with E-state index in [-0.39, 0.29) is 6.42 Å². The van der Waals surface area contributed by atoms with E-state index < -0.39 is 5.97 Å². The fourth-order valence-corrected chi connectivity index (χ4v) is 1.14. The van der Waals surface area contributed by atoms with Gasteiger partial charge in [0.15, 0.2) is 0 Å². The standard InChI is InChI=1S/C9H18O3/c1-3-8(12-2)6-4-5-7-9(10)11/h8H,3-7H2,1-2H3,(H,10,11). The van der Waals surface area contributed by atoms with Crippen molar-refractivity contribution in [1.82, 2.24) is 0 Å². The van der Waals surface area contributed by atoms with Crippen molar-refractivity contribution in [2.75, 3.05) is 7.11 Å². The first-order valence-electron chi connectivity index (χ1n) is 4.45. The van der Waals surface area contributed by atoms with Crippen LogP contribution >= 0.6 is 0 Å². The zero-order chi connectivity index (χ0) is 9.40. The largest absolute Gasteiger partial charge is 0.481 e. The van der Waals surface area contributed by atoms with Gasteiger partial charge >= 0.3 is 5.97 Å². The highest BCUT2D eigenvalue weighted by atomic mass is 16.5. The molecular formula is C9H18O3. The van der Waals surface area contributed by atoms with Gasteiger partial charge in [0.25, 0.3) is 0 Å². The fourth-order valence-electron chi connectivity index (χ4n) is 1.14. The second kappa shape index (κ2) is 7.10. The number of carboxylic acids is 1. The minimum atomic E-state index is -0.708. The average Bonchev–Trinajstić information content (AvgIpc) is 2.04. The van der Waals surface area contributed by atoms with E-state index in [9.17, 15) is 4.79 Å². The smallest absolute Gasteiger partial charge is 0.303 e. The highest BCUT2D eigenvalue weighted by molar-refractivity contribution is 5.66. The molecule has 1 unspecified atom stereocenters. The van der Waals surface area contributed by atoms with E-state index in [1.54, 1.807) is 7.11 Å². The summed E-state index contributed by atoms with van der Waals surface area (Å²) in [7, 11) is 1.70. The Morgan fingerprint density at radius 1 is 1.50 bits per heavy atom. The van der Waals surface area contributed by atoms with Crippen LogP contribution in [-0.4, -0.2) is 24.3 Å². The second-order valence-corrected chi connectivity index (χ2v) is 2.91. The number of unbranched alkanes of at least 4 members (excludes halogenated alkanes) is 1. The van der Waals surface area contributed by atoms with Crippen molar-refractivity contribution in [3.8, 4) is 0 Å². The van der Waals surface area contributed by atoms with Crippen LogP contribution in [-0.2, 0) is 9.53 Å². The second-order valence-electron chi connectivity index (χ2n) is 2.91. The monoisotopic (exact) mass is 174 g/mol. The van der Waals surface area contributed by atoms with Crippen LogP contribution in [0.3, 0.4) is 0 Å². The van der Waals surface area contributed by atoms with Gasteiger partial charge in [-0.3, -0.25) is 4.79 Å². The molecule has 0 aromatic rings. The first-order valence-corrected chi connectivity index (χ1v) is 4.45. The van der Waals surface area contributed by atoms with Crippen LogP contribution in [0.2, 0.25) is 0 Å². The number of aliphatic carboxylic acids is 1. The first-order chi connectivity index (χ1) is 5.70. The van der Waals surface area contributed by atoms with Gasteiger partial charge in [0.05, 0.1) is 6.10 Å². The van der Waals surface area contributed by atoms with Crippen molar-refractivity contribution in [2.24, 2.45) is 0 Å². The number of hydrogen-bond donors (Lipinski definition) is 1. The lowest BCUT2D eigenvalue weighted by molar-refractivity contribution is -0.137. The number of ether oxygens (including phenoxy) is 1. The lowest BCUT2D eigenvalue weighted by Gasteiger charge is -2.11. The van der Waals surface area contributed by atoms with Crippen molar-refractivity contribution >= 4 is 5.97 Å². The zero-order valence-electron chi connectivity index (χ0n) is 7.88. The predicted octanol–water partition coefficient (Wildman–Crippen LogP) is 2.06. The maximum Gasteiger partial charge on any atom is 0.303 e. The molecule has 0 aliphatic carbocycles. The minimum Gasteiger partial charge on any atom is -0.481 e. The molecule has 0 aliphatic heterocycles. The summed E-state index contributed by atoms with van der Waals surface area (Å²) in [4.78, 5) is 10.2. The Morgan fingerprint density at radius 2 is 2.17 bits per heavy atom. The molecule has 72 valence electrons. The third kappa shape index (κ3) is 6.16. The Bertz CT molecular complexity index is 119. The van der Waals surface area contributed by atoms with E-state index in [0.717, 1.165) is 25.7 Å². The van der Waals surface area contributed by atoms with Gasteiger partial charge in [-0.15, -0.1) is 0 Å². The Morgan fingerprint density at radius 3 is 2.58 bits per heavy atom. The molecule has 0 aromatic heterocycles. The van der Waals surface area contributed by atoms with Crippen molar-refractivity contribution in [1.29, 1.82) is 0 Å². The highest BCUT2D eigenvalue weighted by Gasteiger charge is 2.04. The van der Waals surface area contributed by atoms with Crippen LogP contribution in [0.4, 0.5) is 0 Å². The van der Waals surface area contributed by atoms with Gasteiger partial charge in [-0.05, 0) is 19.3 Å². The molecule has 3 nitrogen and oxygen atoms in total. The van der Waals surface area contributed by atoms with Crippen molar-refractivity contribution < 1.29 is 14.6 Å². The normalized spacial score (nSPS) is 12.8. The van der Waals surface area contributed by atoms with E-state index >= 15 is 0 Å². The van der Waals surface area contributed by atoms with E-state index in [1.807, 2.05) is 0 Å². The summed E-state index contributed by atoms with van der Waals surface area (Å²) in [6, 6.07) is 0. The quantitative estimate of drug-likeness (QED) is 0.601. The maximum absolute atomic E-state index is 10.2. The Labute approximate surface area is 73.7 Å². The summed E-state index contributed by atoms with van der Waals surface area (Å²) in [6.45, 7) is 2.07.